The van der Waals surface area contributed by atoms with Crippen molar-refractivity contribution in [1.82, 2.24) is 9.36 Å². The minimum atomic E-state index is 0.0136. The molecular formula is C14H21N3S2. The highest BCUT2D eigenvalue weighted by Crippen LogP contribution is 2.29. The van der Waals surface area contributed by atoms with E-state index in [0.29, 0.717) is 0 Å². The molecule has 1 N–H and O–H groups in total. The summed E-state index contributed by atoms with van der Waals surface area (Å²) >= 11 is 3.25. The predicted octanol–water partition coefficient (Wildman–Crippen LogP) is 4.29. The highest BCUT2D eigenvalue weighted by molar-refractivity contribution is 7.10. The Morgan fingerprint density at radius 1 is 1.21 bits per heavy atom. The van der Waals surface area contributed by atoms with Crippen molar-refractivity contribution in [3.63, 3.8) is 0 Å². The Hall–Kier alpha value is -0.940. The minimum Gasteiger partial charge on any atom is -0.359 e. The normalized spacial score (nSPS) is 12.7. The summed E-state index contributed by atoms with van der Waals surface area (Å²) in [5.74, 6) is 0.911. The first kappa shape index (κ1) is 14.5. The molecule has 0 aliphatic heterocycles. The first-order valence-corrected chi connectivity index (χ1v) is 8.06. The average Bonchev–Trinajstić information content (AvgIpc) is 2.97. The molecule has 0 saturated carbocycles. The van der Waals surface area contributed by atoms with Gasteiger partial charge in [0.1, 0.15) is 5.82 Å². The Balaban J connectivity index is 2.01. The van der Waals surface area contributed by atoms with Crippen molar-refractivity contribution in [3.8, 4) is 0 Å². The molecule has 0 atom stereocenters. The molecule has 0 saturated heterocycles. The molecular weight excluding hydrogens is 274 g/mol. The van der Waals surface area contributed by atoms with E-state index in [1.165, 1.54) is 16.4 Å². The fourth-order valence-corrected chi connectivity index (χ4v) is 3.25. The zero-order chi connectivity index (χ0) is 14.1. The van der Waals surface area contributed by atoms with Gasteiger partial charge in [0.25, 0.3) is 0 Å². The van der Waals surface area contributed by atoms with Crippen LogP contribution < -0.4 is 5.32 Å². The Labute approximate surface area is 123 Å². The predicted molar refractivity (Wildman–Crippen MR) is 84.4 cm³/mol. The molecule has 2 heterocycles. The third-order valence-electron chi connectivity index (χ3n) is 2.97. The van der Waals surface area contributed by atoms with Crippen LogP contribution in [-0.2, 0) is 10.8 Å². The molecule has 2 rings (SSSR count). The molecule has 0 aliphatic rings. The highest BCUT2D eigenvalue weighted by Gasteiger charge is 2.23. The van der Waals surface area contributed by atoms with Crippen LogP contribution in [0, 0.1) is 0 Å². The number of hydrogen-bond acceptors (Lipinski definition) is 5. The zero-order valence-electron chi connectivity index (χ0n) is 12.2. The summed E-state index contributed by atoms with van der Waals surface area (Å²) in [4.78, 5) is 5.96. The second-order valence-corrected chi connectivity index (χ2v) is 8.09. The van der Waals surface area contributed by atoms with Crippen molar-refractivity contribution in [2.24, 2.45) is 0 Å². The van der Waals surface area contributed by atoms with Crippen molar-refractivity contribution in [2.45, 2.75) is 45.4 Å². The van der Waals surface area contributed by atoms with Gasteiger partial charge in [-0.1, -0.05) is 40.7 Å². The van der Waals surface area contributed by atoms with Crippen LogP contribution in [0.3, 0.4) is 0 Å². The number of rotatable bonds is 4. The van der Waals surface area contributed by atoms with E-state index < -0.39 is 0 Å². The Morgan fingerprint density at radius 3 is 2.47 bits per heavy atom. The lowest BCUT2D eigenvalue weighted by Crippen LogP contribution is -2.26. The number of nitrogens with one attached hydrogen (secondary N) is 1. The van der Waals surface area contributed by atoms with E-state index >= 15 is 0 Å². The Morgan fingerprint density at radius 2 is 1.95 bits per heavy atom. The van der Waals surface area contributed by atoms with Gasteiger partial charge in [0.2, 0.25) is 5.13 Å². The van der Waals surface area contributed by atoms with Gasteiger partial charge < -0.3 is 5.32 Å². The summed E-state index contributed by atoms with van der Waals surface area (Å²) in [7, 11) is 0. The molecule has 104 valence electrons. The van der Waals surface area contributed by atoms with Gasteiger partial charge in [0.05, 0.1) is 0 Å². The van der Waals surface area contributed by atoms with Crippen molar-refractivity contribution in [3.05, 3.63) is 28.2 Å². The third kappa shape index (κ3) is 3.54. The van der Waals surface area contributed by atoms with E-state index in [-0.39, 0.29) is 10.8 Å². The quantitative estimate of drug-likeness (QED) is 0.914. The average molecular weight is 295 g/mol. The maximum absolute atomic E-state index is 4.57. The molecule has 3 nitrogen and oxygen atoms in total. The summed E-state index contributed by atoms with van der Waals surface area (Å²) in [5, 5.41) is 6.45. The maximum atomic E-state index is 4.57. The van der Waals surface area contributed by atoms with E-state index in [4.69, 9.17) is 0 Å². The lowest BCUT2D eigenvalue weighted by molar-refractivity contribution is 0.552. The number of hydrogen-bond donors (Lipinski definition) is 1. The van der Waals surface area contributed by atoms with Crippen molar-refractivity contribution < 1.29 is 0 Å². The van der Waals surface area contributed by atoms with Gasteiger partial charge in [0, 0.05) is 33.8 Å². The van der Waals surface area contributed by atoms with Crippen LogP contribution in [-0.4, -0.2) is 15.9 Å². The van der Waals surface area contributed by atoms with Gasteiger partial charge in [-0.3, -0.25) is 0 Å². The largest absolute Gasteiger partial charge is 0.359 e. The van der Waals surface area contributed by atoms with E-state index in [2.05, 4.69) is 66.8 Å². The van der Waals surface area contributed by atoms with Crippen LogP contribution in [0.5, 0.6) is 0 Å². The smallest absolute Gasteiger partial charge is 0.202 e. The molecule has 0 spiro atoms. The summed E-state index contributed by atoms with van der Waals surface area (Å²) in [6.45, 7) is 11.8. The summed E-state index contributed by atoms with van der Waals surface area (Å²) < 4.78 is 4.42. The lowest BCUT2D eigenvalue weighted by Gasteiger charge is -2.23. The molecule has 0 bridgehead atoms. The van der Waals surface area contributed by atoms with Gasteiger partial charge >= 0.3 is 0 Å². The molecule has 0 fully saturated rings. The van der Waals surface area contributed by atoms with Gasteiger partial charge in [-0.2, -0.15) is 4.37 Å². The van der Waals surface area contributed by atoms with Crippen LogP contribution >= 0.6 is 22.9 Å². The summed E-state index contributed by atoms with van der Waals surface area (Å²) in [6.07, 6.45) is 0. The SMILES string of the molecule is CC(C)(C)c1nsc(NCC(C)(C)c2cccs2)n1. The summed E-state index contributed by atoms with van der Waals surface area (Å²) in [5.41, 5.74) is 0.126. The van der Waals surface area contributed by atoms with Crippen LogP contribution in [0.15, 0.2) is 17.5 Å². The van der Waals surface area contributed by atoms with Crippen molar-refractivity contribution in [1.29, 1.82) is 0 Å². The second kappa shape index (κ2) is 5.21. The Bertz CT molecular complexity index is 521. The fraction of sp³-hybridized carbons (Fsp3) is 0.571. The number of anilines is 1. The molecule has 2 aromatic heterocycles. The van der Waals surface area contributed by atoms with Crippen LogP contribution in [0.25, 0.3) is 0 Å². The molecule has 0 aromatic carbocycles. The molecule has 0 unspecified atom stereocenters. The molecule has 19 heavy (non-hydrogen) atoms. The van der Waals surface area contributed by atoms with Crippen molar-refractivity contribution >= 4 is 28.0 Å². The monoisotopic (exact) mass is 295 g/mol. The maximum Gasteiger partial charge on any atom is 0.202 e. The van der Waals surface area contributed by atoms with E-state index in [1.807, 2.05) is 0 Å². The number of aromatic nitrogens is 2. The number of nitrogens with zero attached hydrogens (tertiary/aromatic N) is 2. The van der Waals surface area contributed by atoms with Crippen LogP contribution in [0.2, 0.25) is 0 Å². The summed E-state index contributed by atoms with van der Waals surface area (Å²) in [6, 6.07) is 4.29. The zero-order valence-corrected chi connectivity index (χ0v) is 13.8. The molecule has 2 aromatic rings. The van der Waals surface area contributed by atoms with Crippen LogP contribution in [0.4, 0.5) is 5.13 Å². The minimum absolute atomic E-state index is 0.0136. The lowest BCUT2D eigenvalue weighted by atomic mass is 9.91. The second-order valence-electron chi connectivity index (χ2n) is 6.39. The first-order chi connectivity index (χ1) is 8.79. The van der Waals surface area contributed by atoms with E-state index in [9.17, 15) is 0 Å². The molecule has 0 aliphatic carbocycles. The van der Waals surface area contributed by atoms with E-state index in [1.54, 1.807) is 11.3 Å². The van der Waals surface area contributed by atoms with Gasteiger partial charge in [-0.15, -0.1) is 11.3 Å². The Kier molecular flexibility index (Phi) is 3.97. The molecule has 5 heteroatoms. The fourth-order valence-electron chi connectivity index (χ4n) is 1.65. The molecule has 0 amide bonds. The first-order valence-electron chi connectivity index (χ1n) is 6.41. The topological polar surface area (TPSA) is 37.8 Å². The van der Waals surface area contributed by atoms with Crippen LogP contribution in [0.1, 0.15) is 45.3 Å². The highest BCUT2D eigenvalue weighted by atomic mass is 32.1. The standard InChI is InChI=1S/C14H21N3S2/c1-13(2,3)11-16-12(19-17-11)15-9-14(4,5)10-7-6-8-18-10/h6-8H,9H2,1-5H3,(H,15,16,17). The van der Waals surface area contributed by atoms with Gasteiger partial charge in [-0.05, 0) is 11.4 Å². The van der Waals surface area contributed by atoms with E-state index in [0.717, 1.165) is 17.5 Å². The van der Waals surface area contributed by atoms with Gasteiger partial charge in [-0.25, -0.2) is 4.98 Å². The molecule has 0 radical (unpaired) electrons. The van der Waals surface area contributed by atoms with Gasteiger partial charge in [0.15, 0.2) is 0 Å². The number of thiophene rings is 1. The third-order valence-corrected chi connectivity index (χ3v) is 4.88. The van der Waals surface area contributed by atoms with Crippen molar-refractivity contribution in [2.75, 3.05) is 11.9 Å².